The molecule has 0 aliphatic heterocycles. The maximum atomic E-state index is 14.1. The van der Waals surface area contributed by atoms with Gasteiger partial charge in [-0.25, -0.2) is 4.79 Å². The molecule has 0 spiro atoms. The maximum absolute atomic E-state index is 14.1. The molecule has 210 valence electrons. The molecular weight excluding hydrogens is 486 g/mol. The van der Waals surface area contributed by atoms with Crippen molar-refractivity contribution in [3.8, 4) is 0 Å². The molecule has 0 radical (unpaired) electrons. The molecule has 1 aromatic carbocycles. The highest BCUT2D eigenvalue weighted by Crippen LogP contribution is 2.26. The lowest BCUT2D eigenvalue weighted by Gasteiger charge is -2.35. The first-order chi connectivity index (χ1) is 17.4. The van der Waals surface area contributed by atoms with Crippen molar-refractivity contribution in [1.82, 2.24) is 15.5 Å². The number of benzene rings is 1. The SMILES string of the molecule is CCCCCN(C(=O)C(CCSC)NC(=O)OC(C)(C)C)C(C(=O)NCCCC)c1cc(C)cc(C)c1. The summed E-state index contributed by atoms with van der Waals surface area (Å²) in [6.45, 7) is 14.5. The Balaban J connectivity index is 3.48. The number of unbranched alkanes of at least 4 members (excludes halogenated alkanes) is 3. The summed E-state index contributed by atoms with van der Waals surface area (Å²) >= 11 is 1.61. The van der Waals surface area contributed by atoms with Crippen LogP contribution in [0.3, 0.4) is 0 Å². The first-order valence-electron chi connectivity index (χ1n) is 13.6. The summed E-state index contributed by atoms with van der Waals surface area (Å²) in [6.07, 6.45) is 6.31. The van der Waals surface area contributed by atoms with Crippen LogP contribution in [0.1, 0.15) is 95.9 Å². The van der Waals surface area contributed by atoms with Gasteiger partial charge < -0.3 is 20.3 Å². The number of aryl methyl sites for hydroxylation is 2. The lowest BCUT2D eigenvalue weighted by molar-refractivity contribution is -0.142. The van der Waals surface area contributed by atoms with Crippen LogP contribution in [-0.2, 0) is 14.3 Å². The van der Waals surface area contributed by atoms with Gasteiger partial charge in [-0.3, -0.25) is 9.59 Å². The highest BCUT2D eigenvalue weighted by atomic mass is 32.2. The number of nitrogens with one attached hydrogen (secondary N) is 2. The summed E-state index contributed by atoms with van der Waals surface area (Å²) in [7, 11) is 0. The topological polar surface area (TPSA) is 87.7 Å². The molecule has 8 heteroatoms. The molecule has 1 aromatic rings. The zero-order valence-corrected chi connectivity index (χ0v) is 25.1. The second-order valence-corrected chi connectivity index (χ2v) is 11.7. The smallest absolute Gasteiger partial charge is 0.408 e. The van der Waals surface area contributed by atoms with Gasteiger partial charge in [-0.05, 0) is 71.5 Å². The second-order valence-electron chi connectivity index (χ2n) is 10.7. The van der Waals surface area contributed by atoms with Crippen molar-refractivity contribution in [3.63, 3.8) is 0 Å². The molecular formula is C29H49N3O4S. The van der Waals surface area contributed by atoms with Gasteiger partial charge in [0.1, 0.15) is 17.7 Å². The molecule has 0 bridgehead atoms. The van der Waals surface area contributed by atoms with Gasteiger partial charge in [-0.1, -0.05) is 62.4 Å². The van der Waals surface area contributed by atoms with Crippen LogP contribution >= 0.6 is 11.8 Å². The van der Waals surface area contributed by atoms with Gasteiger partial charge >= 0.3 is 6.09 Å². The minimum Gasteiger partial charge on any atom is -0.444 e. The summed E-state index contributed by atoms with van der Waals surface area (Å²) in [6, 6.07) is 4.45. The predicted octanol–water partition coefficient (Wildman–Crippen LogP) is 5.93. The third-order valence-electron chi connectivity index (χ3n) is 5.83. The van der Waals surface area contributed by atoms with E-state index in [1.54, 1.807) is 37.4 Å². The normalized spacial score (nSPS) is 13.0. The molecule has 0 aliphatic rings. The van der Waals surface area contributed by atoms with E-state index in [1.807, 2.05) is 32.2 Å². The van der Waals surface area contributed by atoms with Crippen LogP contribution in [0.25, 0.3) is 0 Å². The second kappa shape index (κ2) is 16.6. The fourth-order valence-corrected chi connectivity index (χ4v) is 4.64. The third kappa shape index (κ3) is 12.2. The van der Waals surface area contributed by atoms with Crippen LogP contribution in [0.2, 0.25) is 0 Å². The lowest BCUT2D eigenvalue weighted by Crippen LogP contribution is -2.53. The van der Waals surface area contributed by atoms with Gasteiger partial charge in [-0.15, -0.1) is 0 Å². The summed E-state index contributed by atoms with van der Waals surface area (Å²) in [5.74, 6) is 0.237. The Morgan fingerprint density at radius 1 is 1.00 bits per heavy atom. The number of amides is 3. The molecule has 2 atom stereocenters. The summed E-state index contributed by atoms with van der Waals surface area (Å²) in [4.78, 5) is 42.1. The molecule has 3 amide bonds. The number of rotatable bonds is 15. The Kier molecular flexibility index (Phi) is 14.7. The maximum Gasteiger partial charge on any atom is 0.408 e. The molecule has 7 nitrogen and oxygen atoms in total. The average Bonchev–Trinajstić information content (AvgIpc) is 2.79. The highest BCUT2D eigenvalue weighted by molar-refractivity contribution is 7.98. The van der Waals surface area contributed by atoms with Crippen molar-refractivity contribution in [2.45, 2.75) is 105 Å². The van der Waals surface area contributed by atoms with Crippen molar-refractivity contribution in [2.24, 2.45) is 0 Å². The number of hydrogen-bond acceptors (Lipinski definition) is 5. The zero-order valence-electron chi connectivity index (χ0n) is 24.2. The molecule has 2 unspecified atom stereocenters. The quantitative estimate of drug-likeness (QED) is 0.272. The van der Waals surface area contributed by atoms with Crippen molar-refractivity contribution < 1.29 is 19.1 Å². The van der Waals surface area contributed by atoms with Crippen molar-refractivity contribution in [2.75, 3.05) is 25.1 Å². The van der Waals surface area contributed by atoms with Crippen molar-refractivity contribution >= 4 is 29.7 Å². The largest absolute Gasteiger partial charge is 0.444 e. The molecule has 0 fully saturated rings. The number of ether oxygens (including phenoxy) is 1. The first kappa shape index (κ1) is 32.8. The number of carbonyl (C=O) groups is 3. The number of thioether (sulfide) groups is 1. The molecule has 0 saturated carbocycles. The molecule has 0 saturated heterocycles. The predicted molar refractivity (Wildman–Crippen MR) is 154 cm³/mol. The van der Waals surface area contributed by atoms with Crippen LogP contribution in [0, 0.1) is 13.8 Å². The minimum atomic E-state index is -0.791. The number of nitrogens with zero attached hydrogens (tertiary/aromatic N) is 1. The Hall–Kier alpha value is -2.22. The molecule has 0 aromatic heterocycles. The van der Waals surface area contributed by atoms with Crippen molar-refractivity contribution in [1.29, 1.82) is 0 Å². The van der Waals surface area contributed by atoms with Crippen LogP contribution in [0.5, 0.6) is 0 Å². The summed E-state index contributed by atoms with van der Waals surface area (Å²) in [5.41, 5.74) is 2.18. The lowest BCUT2D eigenvalue weighted by atomic mass is 9.97. The molecule has 2 N–H and O–H groups in total. The van der Waals surface area contributed by atoms with Crippen molar-refractivity contribution in [3.05, 3.63) is 34.9 Å². The monoisotopic (exact) mass is 535 g/mol. The first-order valence-corrected chi connectivity index (χ1v) is 15.0. The van der Waals surface area contributed by atoms with Gasteiger partial charge in [0, 0.05) is 13.1 Å². The van der Waals surface area contributed by atoms with E-state index in [1.165, 1.54) is 0 Å². The molecule has 37 heavy (non-hydrogen) atoms. The average molecular weight is 536 g/mol. The van der Waals surface area contributed by atoms with Crippen LogP contribution in [0.4, 0.5) is 4.79 Å². The Morgan fingerprint density at radius 3 is 2.16 bits per heavy atom. The Morgan fingerprint density at radius 2 is 1.62 bits per heavy atom. The highest BCUT2D eigenvalue weighted by Gasteiger charge is 2.36. The van der Waals surface area contributed by atoms with E-state index < -0.39 is 23.8 Å². The van der Waals surface area contributed by atoms with Gasteiger partial charge in [0.2, 0.25) is 11.8 Å². The summed E-state index contributed by atoms with van der Waals surface area (Å²) in [5, 5.41) is 5.85. The zero-order chi connectivity index (χ0) is 28.0. The van der Waals surface area contributed by atoms with Crippen LogP contribution in [-0.4, -0.2) is 59.5 Å². The number of carbonyl (C=O) groups excluding carboxylic acids is 3. The van der Waals surface area contributed by atoms with E-state index in [2.05, 4.69) is 30.5 Å². The number of alkyl carbamates (subject to hydrolysis) is 1. The molecule has 1 rings (SSSR count). The third-order valence-corrected chi connectivity index (χ3v) is 6.48. The Bertz CT molecular complexity index is 849. The van der Waals surface area contributed by atoms with E-state index in [4.69, 9.17) is 4.74 Å². The van der Waals surface area contributed by atoms with Crippen LogP contribution in [0.15, 0.2) is 18.2 Å². The van der Waals surface area contributed by atoms with Gasteiger partial charge in [-0.2, -0.15) is 11.8 Å². The fraction of sp³-hybridized carbons (Fsp3) is 0.690. The minimum absolute atomic E-state index is 0.191. The van der Waals surface area contributed by atoms with E-state index in [9.17, 15) is 14.4 Å². The Labute approximate surface area is 228 Å². The van der Waals surface area contributed by atoms with E-state index in [0.717, 1.165) is 48.8 Å². The van der Waals surface area contributed by atoms with E-state index >= 15 is 0 Å². The van der Waals surface area contributed by atoms with Gasteiger partial charge in [0.25, 0.3) is 0 Å². The standard InChI is InChI=1S/C29H49N3O4S/c1-9-11-13-16-32(27(34)24(14-17-37-8)31-28(35)36-29(5,6)7)25(26(33)30-15-12-10-2)23-19-21(3)18-22(4)20-23/h18-20,24-25H,9-17H2,1-8H3,(H,30,33)(H,31,35). The molecule has 0 aliphatic carbocycles. The van der Waals surface area contributed by atoms with Gasteiger partial charge in [0.05, 0.1) is 0 Å². The summed E-state index contributed by atoms with van der Waals surface area (Å²) < 4.78 is 5.46. The fourth-order valence-electron chi connectivity index (χ4n) is 4.17. The van der Waals surface area contributed by atoms with Crippen LogP contribution < -0.4 is 10.6 Å². The van der Waals surface area contributed by atoms with Gasteiger partial charge in [0.15, 0.2) is 0 Å². The molecule has 0 heterocycles. The number of hydrogen-bond donors (Lipinski definition) is 2. The van der Waals surface area contributed by atoms with E-state index in [0.29, 0.717) is 25.3 Å². The van der Waals surface area contributed by atoms with E-state index in [-0.39, 0.29) is 11.8 Å².